The molecule has 6 heteroatoms. The third-order valence-electron chi connectivity index (χ3n) is 0.321. The van der Waals surface area contributed by atoms with Crippen LogP contribution in [0.3, 0.4) is 0 Å². The molecule has 0 aliphatic carbocycles. The summed E-state index contributed by atoms with van der Waals surface area (Å²) in [6, 6.07) is 0. The molecule has 0 aromatic rings. The van der Waals surface area contributed by atoms with Crippen molar-refractivity contribution < 1.29 is 8.78 Å². The van der Waals surface area contributed by atoms with E-state index in [0.29, 0.717) is 0 Å². The summed E-state index contributed by atoms with van der Waals surface area (Å²) in [4.78, 5) is -3.23. The van der Waals surface area contributed by atoms with Crippen LogP contribution in [-0.4, -0.2) is 7.17 Å². The Morgan fingerprint density at radius 2 is 1.50 bits per heavy atom. The molecule has 0 aliphatic heterocycles. The minimum atomic E-state index is -3.23. The van der Waals surface area contributed by atoms with Crippen LogP contribution in [0.5, 0.6) is 0 Å². The number of hydrogen-bond acceptors (Lipinski definition) is 0. The van der Waals surface area contributed by atoms with Gasteiger partial charge in [-0.1, -0.05) is 23.2 Å². The Hall–Kier alpha value is 1.65. The van der Waals surface area contributed by atoms with Crippen LogP contribution in [0.1, 0.15) is 0 Å². The summed E-state index contributed by atoms with van der Waals surface area (Å²) in [5, 5.41) is 0. The third kappa shape index (κ3) is 2.98. The standard InChI is InChI=1S/C2BrCl2F2I/c3-1(6,7)2(4,5)8. The zero-order valence-corrected chi connectivity index (χ0v) is 8.52. The molecule has 0 aromatic carbocycles. The Labute approximate surface area is 77.2 Å². The predicted molar refractivity (Wildman–Crippen MR) is 42.3 cm³/mol. The Bertz CT molecular complexity index is 73.0. The van der Waals surface area contributed by atoms with Gasteiger partial charge in [-0.3, -0.25) is 0 Å². The average Bonchev–Trinajstić information content (AvgIpc) is 1.25. The molecule has 0 aromatic heterocycles. The van der Waals surface area contributed by atoms with Gasteiger partial charge in [-0.2, -0.15) is 8.78 Å². The maximum Gasteiger partial charge on any atom is 0.342 e. The highest BCUT2D eigenvalue weighted by Gasteiger charge is 2.47. The maximum atomic E-state index is 11.9. The van der Waals surface area contributed by atoms with Crippen molar-refractivity contribution >= 4 is 61.7 Å². The van der Waals surface area contributed by atoms with Crippen LogP contribution in [-0.2, 0) is 0 Å². The van der Waals surface area contributed by atoms with E-state index in [-0.39, 0.29) is 0 Å². The molecule has 0 heterocycles. The second kappa shape index (κ2) is 2.72. The van der Waals surface area contributed by atoms with E-state index in [9.17, 15) is 8.78 Å². The van der Waals surface area contributed by atoms with Crippen molar-refractivity contribution in [2.24, 2.45) is 0 Å². The normalized spacial score (nSPS) is 14.2. The maximum absolute atomic E-state index is 11.9. The first kappa shape index (κ1) is 9.65. The van der Waals surface area contributed by atoms with Crippen molar-refractivity contribution in [3.8, 4) is 0 Å². The van der Waals surface area contributed by atoms with E-state index in [2.05, 4.69) is 0 Å². The molecule has 8 heavy (non-hydrogen) atoms. The number of hydrogen-bond donors (Lipinski definition) is 0. The van der Waals surface area contributed by atoms with Crippen LogP contribution in [0.4, 0.5) is 8.78 Å². The number of rotatable bonds is 1. The Morgan fingerprint density at radius 3 is 1.50 bits per heavy atom. The van der Waals surface area contributed by atoms with E-state index in [1.807, 2.05) is 15.9 Å². The summed E-state index contributed by atoms with van der Waals surface area (Å²) in [7, 11) is 0. The lowest BCUT2D eigenvalue weighted by Gasteiger charge is -2.16. The first-order chi connectivity index (χ1) is 3.25. The fourth-order valence-electron chi connectivity index (χ4n) is 0. The minimum absolute atomic E-state index is 1.22. The van der Waals surface area contributed by atoms with Gasteiger partial charge in [0.05, 0.1) is 0 Å². The molecule has 0 spiro atoms. The fourth-order valence-corrected chi connectivity index (χ4v) is 0. The highest BCUT2D eigenvalue weighted by Crippen LogP contribution is 2.47. The second-order valence-corrected chi connectivity index (χ2v) is 6.21. The Kier molecular flexibility index (Phi) is 3.28. The molecule has 0 N–H and O–H groups in total. The summed E-state index contributed by atoms with van der Waals surface area (Å²) in [5.74, 6) is 0. The first-order valence-corrected chi connectivity index (χ1v) is 4.01. The van der Waals surface area contributed by atoms with Gasteiger partial charge in [0.2, 0.25) is 2.34 Å². The Morgan fingerprint density at radius 1 is 1.38 bits per heavy atom. The molecular weight excluding hydrogens is 340 g/mol. The largest absolute Gasteiger partial charge is 0.342 e. The van der Waals surface area contributed by atoms with Crippen LogP contribution < -0.4 is 0 Å². The zero-order valence-electron chi connectivity index (χ0n) is 3.27. The van der Waals surface area contributed by atoms with E-state index in [4.69, 9.17) is 23.2 Å². The van der Waals surface area contributed by atoms with Gasteiger partial charge in [0.15, 0.2) is 0 Å². The molecule has 0 unspecified atom stereocenters. The smallest absolute Gasteiger partial charge is 0.189 e. The van der Waals surface area contributed by atoms with Crippen molar-refractivity contribution in [2.75, 3.05) is 0 Å². The van der Waals surface area contributed by atoms with Gasteiger partial charge in [0.25, 0.3) is 0 Å². The average molecular weight is 340 g/mol. The van der Waals surface area contributed by atoms with E-state index >= 15 is 0 Å². The van der Waals surface area contributed by atoms with Gasteiger partial charge < -0.3 is 0 Å². The molecule has 0 saturated heterocycles. The van der Waals surface area contributed by atoms with Gasteiger partial charge >= 0.3 is 4.83 Å². The highest BCUT2D eigenvalue weighted by molar-refractivity contribution is 14.1. The number of halogens is 6. The van der Waals surface area contributed by atoms with Crippen molar-refractivity contribution in [3.63, 3.8) is 0 Å². The quantitative estimate of drug-likeness (QED) is 0.506. The summed E-state index contributed by atoms with van der Waals surface area (Å²) in [6.45, 7) is 0. The van der Waals surface area contributed by atoms with Crippen LogP contribution in [0.15, 0.2) is 0 Å². The van der Waals surface area contributed by atoms with E-state index < -0.39 is 7.17 Å². The summed E-state index contributed by atoms with van der Waals surface area (Å²) < 4.78 is 21.7. The van der Waals surface area contributed by atoms with Crippen molar-refractivity contribution in [1.82, 2.24) is 0 Å². The predicted octanol–water partition coefficient (Wildman–Crippen LogP) is 3.54. The van der Waals surface area contributed by atoms with Crippen LogP contribution in [0, 0.1) is 0 Å². The van der Waals surface area contributed by atoms with Crippen LogP contribution in [0.2, 0.25) is 0 Å². The lowest BCUT2D eigenvalue weighted by Crippen LogP contribution is -2.24. The fraction of sp³-hybridized carbons (Fsp3) is 1.00. The summed E-state index contributed by atoms with van der Waals surface area (Å²) in [5.41, 5.74) is 0. The lowest BCUT2D eigenvalue weighted by molar-refractivity contribution is 0.126. The summed E-state index contributed by atoms with van der Waals surface area (Å²) in [6.07, 6.45) is 0. The van der Waals surface area contributed by atoms with Crippen molar-refractivity contribution in [3.05, 3.63) is 0 Å². The monoisotopic (exact) mass is 338 g/mol. The molecule has 0 bridgehead atoms. The molecule has 0 amide bonds. The van der Waals surface area contributed by atoms with E-state index in [1.165, 1.54) is 22.6 Å². The molecular formula is C2BrCl2F2I. The minimum Gasteiger partial charge on any atom is -0.189 e. The van der Waals surface area contributed by atoms with Gasteiger partial charge in [0, 0.05) is 0 Å². The second-order valence-electron chi connectivity index (χ2n) is 0.996. The molecule has 0 aliphatic rings. The lowest BCUT2D eigenvalue weighted by atomic mass is 10.8. The topological polar surface area (TPSA) is 0 Å². The van der Waals surface area contributed by atoms with Crippen LogP contribution >= 0.6 is 61.7 Å². The molecule has 0 saturated carbocycles. The molecule has 0 fully saturated rings. The van der Waals surface area contributed by atoms with Gasteiger partial charge in [0.1, 0.15) is 0 Å². The van der Waals surface area contributed by atoms with E-state index in [0.717, 1.165) is 0 Å². The van der Waals surface area contributed by atoms with Gasteiger partial charge in [-0.05, 0) is 38.5 Å². The molecule has 0 atom stereocenters. The van der Waals surface area contributed by atoms with Crippen LogP contribution in [0.25, 0.3) is 0 Å². The Balaban J connectivity index is 4.02. The third-order valence-corrected chi connectivity index (χ3v) is 3.27. The first-order valence-electron chi connectivity index (χ1n) is 1.38. The molecule has 0 nitrogen and oxygen atoms in total. The van der Waals surface area contributed by atoms with Crippen molar-refractivity contribution in [1.29, 1.82) is 0 Å². The molecule has 0 radical (unpaired) electrons. The van der Waals surface area contributed by atoms with E-state index in [1.54, 1.807) is 0 Å². The summed E-state index contributed by atoms with van der Waals surface area (Å²) >= 11 is 13.1. The molecule has 50 valence electrons. The number of alkyl halides is 6. The highest BCUT2D eigenvalue weighted by atomic mass is 127. The van der Waals surface area contributed by atoms with Gasteiger partial charge in [-0.15, -0.1) is 0 Å². The zero-order chi connectivity index (χ0) is 7.00. The SMILES string of the molecule is FC(F)(Br)C(Cl)(Cl)I. The molecule has 0 rings (SSSR count). The van der Waals surface area contributed by atoms with Crippen molar-refractivity contribution in [2.45, 2.75) is 7.17 Å². The van der Waals surface area contributed by atoms with Gasteiger partial charge in [-0.25, -0.2) is 0 Å².